The maximum atomic E-state index is 4.43. The van der Waals surface area contributed by atoms with Crippen LogP contribution in [0.25, 0.3) is 0 Å². The van der Waals surface area contributed by atoms with Crippen LogP contribution in [0.4, 0.5) is 5.95 Å². The van der Waals surface area contributed by atoms with Crippen LogP contribution >= 0.6 is 11.3 Å². The molecular weight excluding hydrogens is 256 g/mol. The van der Waals surface area contributed by atoms with Crippen molar-refractivity contribution in [2.75, 3.05) is 19.0 Å². The van der Waals surface area contributed by atoms with Crippen molar-refractivity contribution in [3.05, 3.63) is 34.3 Å². The molecular formula is C14H22N4S. The van der Waals surface area contributed by atoms with Crippen LogP contribution in [0.5, 0.6) is 0 Å². The molecule has 0 saturated heterocycles. The van der Waals surface area contributed by atoms with Crippen LogP contribution in [-0.2, 0) is 13.6 Å². The van der Waals surface area contributed by atoms with E-state index >= 15 is 0 Å². The van der Waals surface area contributed by atoms with Crippen LogP contribution in [0.2, 0.25) is 0 Å². The van der Waals surface area contributed by atoms with Crippen molar-refractivity contribution >= 4 is 17.3 Å². The lowest BCUT2D eigenvalue weighted by Crippen LogP contribution is -2.21. The molecule has 0 aromatic carbocycles. The van der Waals surface area contributed by atoms with Gasteiger partial charge in [-0.25, -0.2) is 4.98 Å². The van der Waals surface area contributed by atoms with Gasteiger partial charge >= 0.3 is 0 Å². The average molecular weight is 278 g/mol. The first-order chi connectivity index (χ1) is 9.13. The number of imidazole rings is 1. The van der Waals surface area contributed by atoms with Gasteiger partial charge in [-0.15, -0.1) is 11.3 Å². The average Bonchev–Trinajstić information content (AvgIpc) is 3.01. The SMILES string of the molecule is CCC(NCc1cnc(N(C)C)n1C)c1cccs1. The summed E-state index contributed by atoms with van der Waals surface area (Å²) in [4.78, 5) is 7.86. The molecule has 0 amide bonds. The minimum Gasteiger partial charge on any atom is -0.348 e. The van der Waals surface area contributed by atoms with E-state index in [1.54, 1.807) is 0 Å². The van der Waals surface area contributed by atoms with Crippen LogP contribution in [0.15, 0.2) is 23.7 Å². The maximum Gasteiger partial charge on any atom is 0.204 e. The summed E-state index contributed by atoms with van der Waals surface area (Å²) in [5.74, 6) is 0.987. The Morgan fingerprint density at radius 3 is 2.79 bits per heavy atom. The molecule has 2 aromatic rings. The smallest absolute Gasteiger partial charge is 0.204 e. The minimum absolute atomic E-state index is 0.428. The Kier molecular flexibility index (Phi) is 4.61. The largest absolute Gasteiger partial charge is 0.348 e. The fourth-order valence-electron chi connectivity index (χ4n) is 2.18. The Labute approximate surface area is 119 Å². The first-order valence-corrected chi connectivity index (χ1v) is 7.46. The molecule has 1 N–H and O–H groups in total. The molecule has 0 radical (unpaired) electrons. The van der Waals surface area contributed by atoms with E-state index in [4.69, 9.17) is 0 Å². The van der Waals surface area contributed by atoms with E-state index in [0.717, 1.165) is 18.9 Å². The maximum absolute atomic E-state index is 4.43. The summed E-state index contributed by atoms with van der Waals surface area (Å²) in [7, 11) is 6.09. The number of anilines is 1. The summed E-state index contributed by atoms with van der Waals surface area (Å²) < 4.78 is 2.13. The number of aromatic nitrogens is 2. The Bertz CT molecular complexity index is 502. The van der Waals surface area contributed by atoms with Gasteiger partial charge in [-0.3, -0.25) is 0 Å². The molecule has 0 saturated carbocycles. The third kappa shape index (κ3) is 3.16. The Morgan fingerprint density at radius 1 is 1.47 bits per heavy atom. The van der Waals surface area contributed by atoms with E-state index in [-0.39, 0.29) is 0 Å². The fraction of sp³-hybridized carbons (Fsp3) is 0.500. The lowest BCUT2D eigenvalue weighted by Gasteiger charge is -2.16. The van der Waals surface area contributed by atoms with Gasteiger partial charge in [0.25, 0.3) is 0 Å². The van der Waals surface area contributed by atoms with E-state index in [0.29, 0.717) is 6.04 Å². The second-order valence-corrected chi connectivity index (χ2v) is 5.84. The molecule has 5 heteroatoms. The van der Waals surface area contributed by atoms with Crippen molar-refractivity contribution in [1.82, 2.24) is 14.9 Å². The molecule has 19 heavy (non-hydrogen) atoms. The highest BCUT2D eigenvalue weighted by Gasteiger charge is 2.12. The van der Waals surface area contributed by atoms with Crippen molar-refractivity contribution in [3.63, 3.8) is 0 Å². The number of nitrogens with zero attached hydrogens (tertiary/aromatic N) is 3. The molecule has 0 fully saturated rings. The predicted molar refractivity (Wildman–Crippen MR) is 81.7 cm³/mol. The van der Waals surface area contributed by atoms with Crippen molar-refractivity contribution in [2.45, 2.75) is 25.9 Å². The van der Waals surface area contributed by atoms with E-state index in [9.17, 15) is 0 Å². The van der Waals surface area contributed by atoms with Gasteiger partial charge < -0.3 is 14.8 Å². The zero-order chi connectivity index (χ0) is 13.8. The number of nitrogens with one attached hydrogen (secondary N) is 1. The number of rotatable bonds is 6. The molecule has 1 atom stereocenters. The topological polar surface area (TPSA) is 33.1 Å². The monoisotopic (exact) mass is 278 g/mol. The zero-order valence-electron chi connectivity index (χ0n) is 12.1. The summed E-state index contributed by atoms with van der Waals surface area (Å²) in [6, 6.07) is 4.73. The van der Waals surface area contributed by atoms with Crippen molar-refractivity contribution in [1.29, 1.82) is 0 Å². The highest BCUT2D eigenvalue weighted by atomic mass is 32.1. The van der Waals surface area contributed by atoms with Gasteiger partial charge in [-0.05, 0) is 17.9 Å². The van der Waals surface area contributed by atoms with E-state index < -0.39 is 0 Å². The van der Waals surface area contributed by atoms with Gasteiger partial charge in [-0.1, -0.05) is 13.0 Å². The Balaban J connectivity index is 2.02. The summed E-state index contributed by atoms with van der Waals surface area (Å²) in [6.07, 6.45) is 3.04. The second kappa shape index (κ2) is 6.21. The van der Waals surface area contributed by atoms with E-state index in [1.165, 1.54) is 10.6 Å². The Hall–Kier alpha value is -1.33. The Morgan fingerprint density at radius 2 is 2.26 bits per heavy atom. The molecule has 0 aliphatic carbocycles. The van der Waals surface area contributed by atoms with Gasteiger partial charge in [0, 0.05) is 38.6 Å². The van der Waals surface area contributed by atoms with Gasteiger partial charge in [0.1, 0.15) is 0 Å². The summed E-state index contributed by atoms with van der Waals surface area (Å²) in [5.41, 5.74) is 1.21. The quantitative estimate of drug-likeness (QED) is 0.882. The highest BCUT2D eigenvalue weighted by Crippen LogP contribution is 2.22. The van der Waals surface area contributed by atoms with Gasteiger partial charge in [0.05, 0.1) is 11.9 Å². The standard InChI is InChI=1S/C14H22N4S/c1-5-12(13-7-6-8-19-13)15-9-11-10-16-14(17(2)3)18(11)4/h6-8,10,12,15H,5,9H2,1-4H3. The van der Waals surface area contributed by atoms with Crippen molar-refractivity contribution in [3.8, 4) is 0 Å². The van der Waals surface area contributed by atoms with Crippen molar-refractivity contribution in [2.24, 2.45) is 7.05 Å². The normalized spacial score (nSPS) is 12.6. The first-order valence-electron chi connectivity index (χ1n) is 6.58. The molecule has 2 rings (SSSR count). The van der Waals surface area contributed by atoms with Gasteiger partial charge in [-0.2, -0.15) is 0 Å². The second-order valence-electron chi connectivity index (χ2n) is 4.86. The third-order valence-electron chi connectivity index (χ3n) is 3.28. The molecule has 2 heterocycles. The first kappa shape index (κ1) is 14.1. The molecule has 0 aliphatic heterocycles. The minimum atomic E-state index is 0.428. The van der Waals surface area contributed by atoms with Gasteiger partial charge in [0.15, 0.2) is 0 Å². The lowest BCUT2D eigenvalue weighted by molar-refractivity contribution is 0.515. The third-order valence-corrected chi connectivity index (χ3v) is 4.27. The molecule has 0 spiro atoms. The zero-order valence-corrected chi connectivity index (χ0v) is 12.9. The van der Waals surface area contributed by atoms with Crippen molar-refractivity contribution < 1.29 is 0 Å². The van der Waals surface area contributed by atoms with Crippen LogP contribution < -0.4 is 10.2 Å². The number of hydrogen-bond donors (Lipinski definition) is 1. The molecule has 2 aromatic heterocycles. The highest BCUT2D eigenvalue weighted by molar-refractivity contribution is 7.10. The summed E-state index contributed by atoms with van der Waals surface area (Å²) >= 11 is 1.81. The van der Waals surface area contributed by atoms with Crippen LogP contribution in [-0.4, -0.2) is 23.6 Å². The van der Waals surface area contributed by atoms with E-state index in [2.05, 4.69) is 46.4 Å². The van der Waals surface area contributed by atoms with Crippen LogP contribution in [0, 0.1) is 0 Å². The summed E-state index contributed by atoms with van der Waals surface area (Å²) in [6.45, 7) is 3.06. The van der Waals surface area contributed by atoms with Gasteiger partial charge in [0.2, 0.25) is 5.95 Å². The molecule has 0 bridgehead atoms. The van der Waals surface area contributed by atoms with E-state index in [1.807, 2.05) is 36.5 Å². The molecule has 4 nitrogen and oxygen atoms in total. The number of hydrogen-bond acceptors (Lipinski definition) is 4. The molecule has 0 aliphatic rings. The molecule has 104 valence electrons. The lowest BCUT2D eigenvalue weighted by atomic mass is 10.2. The van der Waals surface area contributed by atoms with Crippen LogP contribution in [0.1, 0.15) is 30.0 Å². The van der Waals surface area contributed by atoms with Crippen LogP contribution in [0.3, 0.4) is 0 Å². The fourth-order valence-corrected chi connectivity index (χ4v) is 3.06. The molecule has 1 unspecified atom stereocenters. The summed E-state index contributed by atoms with van der Waals surface area (Å²) in [5, 5.41) is 5.75. The number of thiophene rings is 1. The predicted octanol–water partition coefficient (Wildman–Crippen LogP) is 2.79.